The lowest BCUT2D eigenvalue weighted by Gasteiger charge is -2.08. The van der Waals surface area contributed by atoms with Crippen molar-refractivity contribution in [2.24, 2.45) is 0 Å². The van der Waals surface area contributed by atoms with E-state index in [2.05, 4.69) is 0 Å². The van der Waals surface area contributed by atoms with Crippen molar-refractivity contribution < 1.29 is 18.7 Å². The smallest absolute Gasteiger partial charge is 0.374 e. The van der Waals surface area contributed by atoms with Crippen LogP contribution in [0.2, 0.25) is 0 Å². The molecule has 0 amide bonds. The molecule has 0 N–H and O–H groups in total. The summed E-state index contributed by atoms with van der Waals surface area (Å²) in [5, 5.41) is 0. The van der Waals surface area contributed by atoms with Crippen LogP contribution >= 0.6 is 0 Å². The van der Waals surface area contributed by atoms with E-state index in [0.717, 1.165) is 22.4 Å². The van der Waals surface area contributed by atoms with E-state index in [0.29, 0.717) is 13.2 Å². The number of aryl methyl sites for hydroxylation is 1. The van der Waals surface area contributed by atoms with E-state index in [1.807, 2.05) is 55.5 Å². The minimum absolute atomic E-state index is 0.227. The SMILES string of the molecule is CCOC(=O)c1occc1-c1ccc(COc2ccc(C)cc2)cc1. The van der Waals surface area contributed by atoms with Gasteiger partial charge in [0.15, 0.2) is 0 Å². The van der Waals surface area contributed by atoms with Crippen LogP contribution in [0.5, 0.6) is 5.75 Å². The molecule has 0 aliphatic carbocycles. The average molecular weight is 336 g/mol. The summed E-state index contributed by atoms with van der Waals surface area (Å²) >= 11 is 0. The molecule has 25 heavy (non-hydrogen) atoms. The third-order valence-corrected chi connectivity index (χ3v) is 3.82. The van der Waals surface area contributed by atoms with Crippen LogP contribution in [0.25, 0.3) is 11.1 Å². The summed E-state index contributed by atoms with van der Waals surface area (Å²) in [5.41, 5.74) is 3.88. The zero-order chi connectivity index (χ0) is 17.6. The van der Waals surface area contributed by atoms with Gasteiger partial charge in [0, 0.05) is 5.56 Å². The van der Waals surface area contributed by atoms with Crippen LogP contribution in [0.15, 0.2) is 65.3 Å². The van der Waals surface area contributed by atoms with E-state index in [-0.39, 0.29) is 5.76 Å². The molecule has 4 heteroatoms. The molecule has 128 valence electrons. The van der Waals surface area contributed by atoms with E-state index in [4.69, 9.17) is 13.9 Å². The number of hydrogen-bond donors (Lipinski definition) is 0. The molecule has 0 spiro atoms. The van der Waals surface area contributed by atoms with E-state index in [1.165, 1.54) is 11.8 Å². The van der Waals surface area contributed by atoms with Crippen LogP contribution in [0.3, 0.4) is 0 Å². The number of esters is 1. The van der Waals surface area contributed by atoms with Gasteiger partial charge in [-0.2, -0.15) is 0 Å². The molecule has 0 unspecified atom stereocenters. The molecule has 3 rings (SSSR count). The molecule has 4 nitrogen and oxygen atoms in total. The highest BCUT2D eigenvalue weighted by Gasteiger charge is 2.17. The minimum atomic E-state index is -0.450. The molecule has 0 aliphatic rings. The molecular formula is C21H20O4. The van der Waals surface area contributed by atoms with Gasteiger partial charge in [-0.3, -0.25) is 0 Å². The summed E-state index contributed by atoms with van der Waals surface area (Å²) in [4.78, 5) is 11.9. The van der Waals surface area contributed by atoms with Gasteiger partial charge in [0.05, 0.1) is 12.9 Å². The normalized spacial score (nSPS) is 10.5. The quantitative estimate of drug-likeness (QED) is 0.594. The lowest BCUT2D eigenvalue weighted by molar-refractivity contribution is 0.0491. The first-order valence-corrected chi connectivity index (χ1v) is 8.20. The summed E-state index contributed by atoms with van der Waals surface area (Å²) in [6.45, 7) is 4.61. The minimum Gasteiger partial charge on any atom is -0.489 e. The van der Waals surface area contributed by atoms with Crippen molar-refractivity contribution in [3.63, 3.8) is 0 Å². The van der Waals surface area contributed by atoms with Crippen LogP contribution in [0.1, 0.15) is 28.6 Å². The largest absolute Gasteiger partial charge is 0.489 e. The third-order valence-electron chi connectivity index (χ3n) is 3.82. The van der Waals surface area contributed by atoms with E-state index >= 15 is 0 Å². The molecule has 0 radical (unpaired) electrons. The Morgan fingerprint density at radius 2 is 1.72 bits per heavy atom. The van der Waals surface area contributed by atoms with E-state index in [9.17, 15) is 4.79 Å². The molecule has 1 aromatic heterocycles. The fraction of sp³-hybridized carbons (Fsp3) is 0.190. The van der Waals surface area contributed by atoms with Gasteiger partial charge in [0.2, 0.25) is 5.76 Å². The monoisotopic (exact) mass is 336 g/mol. The second kappa shape index (κ2) is 7.71. The lowest BCUT2D eigenvalue weighted by Crippen LogP contribution is -2.04. The first kappa shape index (κ1) is 16.8. The van der Waals surface area contributed by atoms with Gasteiger partial charge in [0.25, 0.3) is 0 Å². The zero-order valence-electron chi connectivity index (χ0n) is 14.3. The van der Waals surface area contributed by atoms with Gasteiger partial charge in [-0.25, -0.2) is 4.79 Å². The fourth-order valence-corrected chi connectivity index (χ4v) is 2.47. The first-order valence-electron chi connectivity index (χ1n) is 8.20. The molecular weight excluding hydrogens is 316 g/mol. The number of furan rings is 1. The maximum Gasteiger partial charge on any atom is 0.374 e. The Kier molecular flexibility index (Phi) is 5.19. The predicted octanol–water partition coefficient (Wildman–Crippen LogP) is 5.01. The molecule has 0 saturated carbocycles. The second-order valence-electron chi connectivity index (χ2n) is 5.68. The van der Waals surface area contributed by atoms with Crippen molar-refractivity contribution in [3.05, 3.63) is 77.7 Å². The summed E-state index contributed by atoms with van der Waals surface area (Å²) < 4.78 is 16.1. The Labute approximate surface area is 147 Å². The number of benzene rings is 2. The molecule has 0 fully saturated rings. The van der Waals surface area contributed by atoms with Gasteiger partial charge >= 0.3 is 5.97 Å². The topological polar surface area (TPSA) is 48.7 Å². The van der Waals surface area contributed by atoms with Crippen molar-refractivity contribution in [3.8, 4) is 16.9 Å². The van der Waals surface area contributed by atoms with Gasteiger partial charge in [-0.05, 0) is 43.2 Å². The maximum atomic E-state index is 11.9. The fourth-order valence-electron chi connectivity index (χ4n) is 2.47. The van der Waals surface area contributed by atoms with Gasteiger partial charge in [0.1, 0.15) is 12.4 Å². The van der Waals surface area contributed by atoms with Crippen LogP contribution in [-0.4, -0.2) is 12.6 Å². The molecule has 0 bridgehead atoms. The zero-order valence-corrected chi connectivity index (χ0v) is 14.3. The van der Waals surface area contributed by atoms with Crippen LogP contribution in [0.4, 0.5) is 0 Å². The second-order valence-corrected chi connectivity index (χ2v) is 5.68. The Bertz CT molecular complexity index is 829. The lowest BCUT2D eigenvalue weighted by atomic mass is 10.0. The number of carbonyl (C=O) groups excluding carboxylic acids is 1. The summed E-state index contributed by atoms with van der Waals surface area (Å²) in [6.07, 6.45) is 1.50. The van der Waals surface area contributed by atoms with Crippen molar-refractivity contribution >= 4 is 5.97 Å². The molecule has 3 aromatic rings. The van der Waals surface area contributed by atoms with E-state index in [1.54, 1.807) is 13.0 Å². The van der Waals surface area contributed by atoms with Crippen LogP contribution in [-0.2, 0) is 11.3 Å². The Morgan fingerprint density at radius 3 is 2.40 bits per heavy atom. The Balaban J connectivity index is 1.69. The highest BCUT2D eigenvalue weighted by molar-refractivity contribution is 5.94. The third kappa shape index (κ3) is 4.10. The molecule has 0 saturated heterocycles. The standard InChI is InChI=1S/C21H20O4/c1-3-23-21(22)20-19(12-13-24-20)17-8-6-16(7-9-17)14-25-18-10-4-15(2)5-11-18/h4-13H,3,14H2,1-2H3. The van der Waals surface area contributed by atoms with Gasteiger partial charge < -0.3 is 13.9 Å². The molecule has 0 atom stereocenters. The predicted molar refractivity (Wildman–Crippen MR) is 95.6 cm³/mol. The Hall–Kier alpha value is -3.01. The van der Waals surface area contributed by atoms with Crippen LogP contribution in [0, 0.1) is 6.92 Å². The van der Waals surface area contributed by atoms with Gasteiger partial charge in [-0.15, -0.1) is 0 Å². The van der Waals surface area contributed by atoms with Crippen molar-refractivity contribution in [1.82, 2.24) is 0 Å². The summed E-state index contributed by atoms with van der Waals surface area (Å²) in [7, 11) is 0. The average Bonchev–Trinajstić information content (AvgIpc) is 3.12. The van der Waals surface area contributed by atoms with E-state index < -0.39 is 5.97 Å². The molecule has 2 aromatic carbocycles. The number of carbonyl (C=O) groups is 1. The molecule has 0 aliphatic heterocycles. The number of hydrogen-bond acceptors (Lipinski definition) is 4. The van der Waals surface area contributed by atoms with Crippen molar-refractivity contribution in [2.45, 2.75) is 20.5 Å². The van der Waals surface area contributed by atoms with Crippen LogP contribution < -0.4 is 4.74 Å². The Morgan fingerprint density at radius 1 is 1.00 bits per heavy atom. The van der Waals surface area contributed by atoms with Crippen molar-refractivity contribution in [2.75, 3.05) is 6.61 Å². The number of rotatable bonds is 6. The van der Waals surface area contributed by atoms with Gasteiger partial charge in [-0.1, -0.05) is 42.0 Å². The van der Waals surface area contributed by atoms with Crippen molar-refractivity contribution in [1.29, 1.82) is 0 Å². The molecule has 1 heterocycles. The first-order chi connectivity index (χ1) is 12.2. The number of ether oxygens (including phenoxy) is 2. The summed E-state index contributed by atoms with van der Waals surface area (Å²) in [5.74, 6) is 0.619. The highest BCUT2D eigenvalue weighted by atomic mass is 16.5. The summed E-state index contributed by atoms with van der Waals surface area (Å²) in [6, 6.07) is 17.6. The highest BCUT2D eigenvalue weighted by Crippen LogP contribution is 2.26. The maximum absolute atomic E-state index is 11.9.